The largest absolute Gasteiger partial charge is 0.507 e. The fourth-order valence-electron chi connectivity index (χ4n) is 2.42. The molecule has 120 valence electrons. The lowest BCUT2D eigenvalue weighted by Crippen LogP contribution is -2.50. The highest BCUT2D eigenvalue weighted by atomic mass is 16.6. The normalized spacial score (nSPS) is 19.1. The average molecular weight is 320 g/mol. The molecule has 2 aromatic rings. The third-order valence-electron chi connectivity index (χ3n) is 3.63. The number of phenols is 3. The van der Waals surface area contributed by atoms with Crippen molar-refractivity contribution in [2.75, 3.05) is 0 Å². The van der Waals surface area contributed by atoms with Gasteiger partial charge in [-0.3, -0.25) is 0 Å². The minimum atomic E-state index is -3.30. The second-order valence-corrected chi connectivity index (χ2v) is 5.05. The summed E-state index contributed by atoms with van der Waals surface area (Å²) >= 11 is 0. The average Bonchev–Trinajstić information content (AvgIpc) is 2.52. The summed E-state index contributed by atoms with van der Waals surface area (Å²) in [6, 6.07) is 7.89. The number of phenolic OH excluding ortho intramolecular Hbond substituents is 3. The predicted molar refractivity (Wildman–Crippen MR) is 74.6 cm³/mol. The zero-order valence-corrected chi connectivity index (χ0v) is 11.5. The lowest BCUT2D eigenvalue weighted by atomic mass is 9.91. The molecule has 1 unspecified atom stereocenters. The number of aliphatic hydroxyl groups is 3. The number of ether oxygens (including phenoxy) is 1. The van der Waals surface area contributed by atoms with Crippen LogP contribution < -0.4 is 4.74 Å². The molecule has 6 N–H and O–H groups in total. The number of rotatable bonds is 1. The van der Waals surface area contributed by atoms with Gasteiger partial charge in [-0.15, -0.1) is 0 Å². The maximum Gasteiger partial charge on any atom is 0.375 e. The number of esters is 1. The van der Waals surface area contributed by atoms with Crippen LogP contribution in [0.5, 0.6) is 23.0 Å². The van der Waals surface area contributed by atoms with Crippen molar-refractivity contribution in [2.24, 2.45) is 0 Å². The summed E-state index contributed by atoms with van der Waals surface area (Å²) in [6.07, 6.45) is -2.28. The second kappa shape index (κ2) is 4.85. The van der Waals surface area contributed by atoms with Crippen LogP contribution >= 0.6 is 0 Å². The quantitative estimate of drug-likeness (QED) is 0.142. The molecule has 0 bridgehead atoms. The van der Waals surface area contributed by atoms with Crippen molar-refractivity contribution in [3.05, 3.63) is 35.9 Å². The van der Waals surface area contributed by atoms with Gasteiger partial charge in [0.05, 0.1) is 11.1 Å². The number of fused-ring (bicyclic) bond motifs is 1. The summed E-state index contributed by atoms with van der Waals surface area (Å²) in [7, 11) is 0. The molecule has 23 heavy (non-hydrogen) atoms. The Hall–Kier alpha value is -2.81. The molecule has 0 fully saturated rings. The van der Waals surface area contributed by atoms with E-state index in [9.17, 15) is 35.4 Å². The lowest BCUT2D eigenvalue weighted by Gasteiger charge is -2.32. The van der Waals surface area contributed by atoms with Gasteiger partial charge in [-0.2, -0.15) is 0 Å². The molecule has 0 spiro atoms. The second-order valence-electron chi connectivity index (χ2n) is 5.05. The van der Waals surface area contributed by atoms with Crippen molar-refractivity contribution in [1.29, 1.82) is 0 Å². The van der Waals surface area contributed by atoms with Crippen molar-refractivity contribution >= 4 is 5.97 Å². The Morgan fingerprint density at radius 1 is 0.957 bits per heavy atom. The maximum absolute atomic E-state index is 11.5. The van der Waals surface area contributed by atoms with Gasteiger partial charge in [-0.05, 0) is 5.56 Å². The molecule has 1 atom stereocenters. The van der Waals surface area contributed by atoms with E-state index in [1.54, 1.807) is 18.2 Å². The van der Waals surface area contributed by atoms with Crippen LogP contribution in [0.25, 0.3) is 11.1 Å². The van der Waals surface area contributed by atoms with Gasteiger partial charge in [0.1, 0.15) is 5.75 Å². The van der Waals surface area contributed by atoms with E-state index in [1.807, 2.05) is 0 Å². The van der Waals surface area contributed by atoms with E-state index in [0.29, 0.717) is 0 Å². The Labute approximate surface area is 129 Å². The molecule has 0 saturated heterocycles. The monoisotopic (exact) mass is 320 g/mol. The Morgan fingerprint density at radius 3 is 2.17 bits per heavy atom. The molecule has 3 rings (SSSR count). The lowest BCUT2D eigenvalue weighted by molar-refractivity contribution is -0.241. The topological polar surface area (TPSA) is 148 Å². The standard InChI is InChI=1S/C15H12O8/c16-9-7(6-4-2-1-3-5-6)10(17)11(18)12-8(9)13(19)15(21,22)14(20)23-12/h1-5,13,16-19,21-22H. The Bertz CT molecular complexity index is 797. The molecule has 1 heterocycles. The van der Waals surface area contributed by atoms with Gasteiger partial charge in [0.2, 0.25) is 5.75 Å². The van der Waals surface area contributed by atoms with Gasteiger partial charge >= 0.3 is 5.97 Å². The summed E-state index contributed by atoms with van der Waals surface area (Å²) in [5.41, 5.74) is -0.593. The number of hydrogen-bond donors (Lipinski definition) is 6. The van der Waals surface area contributed by atoms with Gasteiger partial charge < -0.3 is 35.4 Å². The molecule has 2 aromatic carbocycles. The van der Waals surface area contributed by atoms with Crippen LogP contribution in [0, 0.1) is 0 Å². The van der Waals surface area contributed by atoms with Crippen LogP contribution in [0.1, 0.15) is 11.7 Å². The fraction of sp³-hybridized carbons (Fsp3) is 0.133. The summed E-state index contributed by atoms with van der Waals surface area (Å²) in [5.74, 6) is -8.15. The highest BCUT2D eigenvalue weighted by Crippen LogP contribution is 2.56. The van der Waals surface area contributed by atoms with E-state index in [0.717, 1.165) is 0 Å². The van der Waals surface area contributed by atoms with Gasteiger partial charge in [0.15, 0.2) is 17.6 Å². The Balaban J connectivity index is 2.35. The van der Waals surface area contributed by atoms with E-state index in [2.05, 4.69) is 4.74 Å². The van der Waals surface area contributed by atoms with Crippen molar-refractivity contribution < 1.29 is 40.2 Å². The van der Waals surface area contributed by atoms with Crippen LogP contribution in [0.4, 0.5) is 0 Å². The smallest absolute Gasteiger partial charge is 0.375 e. The molecule has 8 heteroatoms. The van der Waals surface area contributed by atoms with Gasteiger partial charge in [-0.1, -0.05) is 30.3 Å². The number of hydrogen-bond acceptors (Lipinski definition) is 8. The minimum Gasteiger partial charge on any atom is -0.507 e. The third-order valence-corrected chi connectivity index (χ3v) is 3.63. The fourth-order valence-corrected chi connectivity index (χ4v) is 2.42. The molecule has 0 amide bonds. The molecular formula is C15H12O8. The van der Waals surface area contributed by atoms with Crippen molar-refractivity contribution in [3.8, 4) is 34.1 Å². The number of aliphatic hydroxyl groups excluding tert-OH is 1. The summed E-state index contributed by atoms with van der Waals surface area (Å²) in [5, 5.41) is 59.6. The van der Waals surface area contributed by atoms with Gasteiger partial charge in [0, 0.05) is 0 Å². The summed E-state index contributed by atoms with van der Waals surface area (Å²) in [6.45, 7) is 0. The molecule has 0 aliphatic carbocycles. The minimum absolute atomic E-state index is 0.255. The highest BCUT2D eigenvalue weighted by Gasteiger charge is 2.52. The van der Waals surface area contributed by atoms with Gasteiger partial charge in [0.25, 0.3) is 5.79 Å². The number of carbonyl (C=O) groups is 1. The van der Waals surface area contributed by atoms with Crippen LogP contribution in [-0.4, -0.2) is 42.4 Å². The highest BCUT2D eigenvalue weighted by molar-refractivity contribution is 5.90. The van der Waals surface area contributed by atoms with E-state index >= 15 is 0 Å². The van der Waals surface area contributed by atoms with E-state index in [-0.39, 0.29) is 11.1 Å². The van der Waals surface area contributed by atoms with Crippen molar-refractivity contribution in [2.45, 2.75) is 11.9 Å². The van der Waals surface area contributed by atoms with E-state index < -0.39 is 46.4 Å². The molecule has 0 saturated carbocycles. The first-order chi connectivity index (χ1) is 10.8. The molecule has 0 radical (unpaired) electrons. The first-order valence-electron chi connectivity index (χ1n) is 6.48. The molecule has 8 nitrogen and oxygen atoms in total. The molecule has 0 aromatic heterocycles. The number of benzene rings is 2. The van der Waals surface area contributed by atoms with E-state index in [4.69, 9.17) is 0 Å². The van der Waals surface area contributed by atoms with Crippen LogP contribution in [0.3, 0.4) is 0 Å². The number of carbonyl (C=O) groups excluding carboxylic acids is 1. The predicted octanol–water partition coefficient (Wildman–Crippen LogP) is 0.104. The molecular weight excluding hydrogens is 308 g/mol. The SMILES string of the molecule is O=C1Oc2c(O)c(O)c(-c3ccccc3)c(O)c2C(O)C1(O)O. The van der Waals surface area contributed by atoms with Crippen LogP contribution in [0.2, 0.25) is 0 Å². The van der Waals surface area contributed by atoms with Crippen LogP contribution in [-0.2, 0) is 4.79 Å². The first-order valence-corrected chi connectivity index (χ1v) is 6.48. The maximum atomic E-state index is 11.5. The Morgan fingerprint density at radius 2 is 1.57 bits per heavy atom. The van der Waals surface area contributed by atoms with E-state index in [1.165, 1.54) is 12.1 Å². The summed E-state index contributed by atoms with van der Waals surface area (Å²) < 4.78 is 4.53. The Kier molecular flexibility index (Phi) is 3.18. The zero-order valence-electron chi connectivity index (χ0n) is 11.5. The zero-order chi connectivity index (χ0) is 16.9. The summed E-state index contributed by atoms with van der Waals surface area (Å²) in [4.78, 5) is 11.5. The first kappa shape index (κ1) is 15.1. The van der Waals surface area contributed by atoms with Crippen LogP contribution in [0.15, 0.2) is 30.3 Å². The van der Waals surface area contributed by atoms with Gasteiger partial charge in [-0.25, -0.2) is 4.79 Å². The number of aromatic hydroxyl groups is 3. The molecule has 1 aliphatic rings. The van der Waals surface area contributed by atoms with Crippen molar-refractivity contribution in [3.63, 3.8) is 0 Å². The van der Waals surface area contributed by atoms with Crippen molar-refractivity contribution in [1.82, 2.24) is 0 Å². The third kappa shape index (κ3) is 2.00. The molecule has 1 aliphatic heterocycles.